The summed E-state index contributed by atoms with van der Waals surface area (Å²) in [5.41, 5.74) is 5.53. The number of nitrogens with one attached hydrogen (secondary N) is 1. The van der Waals surface area contributed by atoms with Gasteiger partial charge in [-0.1, -0.05) is 29.8 Å². The molecule has 1 N–H and O–H groups in total. The zero-order chi connectivity index (χ0) is 18.5. The van der Waals surface area contributed by atoms with Crippen LogP contribution in [0, 0.1) is 13.8 Å². The van der Waals surface area contributed by atoms with Gasteiger partial charge in [-0.25, -0.2) is 9.97 Å². The molecule has 1 heterocycles. The molecular weight excluding hydrogens is 320 g/mol. The zero-order valence-corrected chi connectivity index (χ0v) is 16.0. The first kappa shape index (κ1) is 17.9. The molecule has 0 aliphatic heterocycles. The first-order valence-corrected chi connectivity index (χ1v) is 9.13. The molecule has 0 aliphatic carbocycles. The molecule has 0 bridgehead atoms. The Balaban J connectivity index is 1.82. The average molecular weight is 346 g/mol. The predicted molar refractivity (Wildman–Crippen MR) is 110 cm³/mol. The van der Waals surface area contributed by atoms with Crippen molar-refractivity contribution in [3.8, 4) is 11.3 Å². The molecule has 26 heavy (non-hydrogen) atoms. The smallest absolute Gasteiger partial charge is 0.134 e. The van der Waals surface area contributed by atoms with Gasteiger partial charge in [0.05, 0.1) is 5.69 Å². The first-order valence-electron chi connectivity index (χ1n) is 9.13. The number of rotatable bonds is 6. The molecule has 0 spiro atoms. The van der Waals surface area contributed by atoms with E-state index in [9.17, 15) is 0 Å². The highest BCUT2D eigenvalue weighted by Gasteiger charge is 2.06. The minimum Gasteiger partial charge on any atom is -0.372 e. The number of benzene rings is 2. The van der Waals surface area contributed by atoms with Crippen molar-refractivity contribution in [3.05, 3.63) is 66.0 Å². The second-order valence-electron chi connectivity index (χ2n) is 6.40. The van der Waals surface area contributed by atoms with Crippen molar-refractivity contribution in [3.63, 3.8) is 0 Å². The van der Waals surface area contributed by atoms with Gasteiger partial charge in [0.2, 0.25) is 0 Å². The van der Waals surface area contributed by atoms with Crippen molar-refractivity contribution in [2.45, 2.75) is 27.7 Å². The number of nitrogens with zero attached hydrogens (tertiary/aromatic N) is 3. The van der Waals surface area contributed by atoms with Crippen LogP contribution >= 0.6 is 0 Å². The van der Waals surface area contributed by atoms with Gasteiger partial charge in [-0.15, -0.1) is 0 Å². The normalized spacial score (nSPS) is 10.6. The predicted octanol–water partition coefficient (Wildman–Crippen LogP) is 5.35. The third-order valence-corrected chi connectivity index (χ3v) is 4.45. The van der Waals surface area contributed by atoms with Crippen molar-refractivity contribution < 1.29 is 0 Å². The van der Waals surface area contributed by atoms with E-state index in [-0.39, 0.29) is 0 Å². The molecule has 1 aromatic heterocycles. The highest BCUT2D eigenvalue weighted by molar-refractivity contribution is 5.67. The molecule has 0 saturated carbocycles. The first-order chi connectivity index (χ1) is 12.6. The molecule has 0 aliphatic rings. The van der Waals surface area contributed by atoms with Gasteiger partial charge in [-0.3, -0.25) is 0 Å². The molecule has 0 atom stereocenters. The summed E-state index contributed by atoms with van der Waals surface area (Å²) >= 11 is 0. The molecule has 4 nitrogen and oxygen atoms in total. The molecule has 0 saturated heterocycles. The molecule has 0 amide bonds. The van der Waals surface area contributed by atoms with E-state index in [4.69, 9.17) is 0 Å². The second-order valence-corrected chi connectivity index (χ2v) is 6.40. The monoisotopic (exact) mass is 346 g/mol. The number of anilines is 3. The van der Waals surface area contributed by atoms with Crippen molar-refractivity contribution in [2.24, 2.45) is 0 Å². The van der Waals surface area contributed by atoms with Gasteiger partial charge < -0.3 is 10.2 Å². The Morgan fingerprint density at radius 1 is 0.846 bits per heavy atom. The van der Waals surface area contributed by atoms with E-state index in [0.717, 1.165) is 41.7 Å². The number of hydrogen-bond donors (Lipinski definition) is 1. The Morgan fingerprint density at radius 3 is 2.12 bits per heavy atom. The summed E-state index contributed by atoms with van der Waals surface area (Å²) in [5, 5.41) is 3.40. The molecule has 4 heteroatoms. The summed E-state index contributed by atoms with van der Waals surface area (Å²) in [6, 6.07) is 18.9. The minimum absolute atomic E-state index is 0.755. The van der Waals surface area contributed by atoms with Crippen LogP contribution in [0.1, 0.15) is 25.2 Å². The summed E-state index contributed by atoms with van der Waals surface area (Å²) in [4.78, 5) is 11.4. The Hall–Kier alpha value is -2.88. The highest BCUT2D eigenvalue weighted by Crippen LogP contribution is 2.24. The molecule has 3 aromatic rings. The zero-order valence-electron chi connectivity index (χ0n) is 16.0. The van der Waals surface area contributed by atoms with Gasteiger partial charge in [-0.2, -0.15) is 0 Å². The van der Waals surface area contributed by atoms with Gasteiger partial charge in [-0.05, 0) is 52.0 Å². The molecule has 0 fully saturated rings. The fourth-order valence-electron chi connectivity index (χ4n) is 3.00. The molecule has 134 valence electrons. The van der Waals surface area contributed by atoms with Crippen LogP contribution in [-0.4, -0.2) is 23.1 Å². The molecule has 0 unspecified atom stereocenters. The van der Waals surface area contributed by atoms with Crippen LogP contribution in [0.2, 0.25) is 0 Å². The van der Waals surface area contributed by atoms with E-state index in [2.05, 4.69) is 89.5 Å². The molecule has 3 rings (SSSR count). The van der Waals surface area contributed by atoms with Crippen molar-refractivity contribution in [1.82, 2.24) is 9.97 Å². The maximum Gasteiger partial charge on any atom is 0.134 e. The van der Waals surface area contributed by atoms with Crippen LogP contribution in [0.25, 0.3) is 11.3 Å². The number of aryl methyl sites for hydroxylation is 2. The van der Waals surface area contributed by atoms with Crippen LogP contribution in [0.4, 0.5) is 17.2 Å². The van der Waals surface area contributed by atoms with Crippen LogP contribution in [0.15, 0.2) is 54.6 Å². The van der Waals surface area contributed by atoms with E-state index in [1.165, 1.54) is 11.3 Å². The number of hydrogen-bond acceptors (Lipinski definition) is 4. The Morgan fingerprint density at radius 2 is 1.50 bits per heavy atom. The van der Waals surface area contributed by atoms with Gasteiger partial charge in [0, 0.05) is 36.1 Å². The van der Waals surface area contributed by atoms with Crippen molar-refractivity contribution in [2.75, 3.05) is 23.3 Å². The van der Waals surface area contributed by atoms with E-state index in [1.54, 1.807) is 0 Å². The highest BCUT2D eigenvalue weighted by atomic mass is 15.1. The minimum atomic E-state index is 0.755. The van der Waals surface area contributed by atoms with Gasteiger partial charge >= 0.3 is 0 Å². The lowest BCUT2D eigenvalue weighted by Crippen LogP contribution is -2.21. The summed E-state index contributed by atoms with van der Waals surface area (Å²) in [6.07, 6.45) is 0. The summed E-state index contributed by atoms with van der Waals surface area (Å²) < 4.78 is 0. The van der Waals surface area contributed by atoms with Gasteiger partial charge in [0.1, 0.15) is 11.6 Å². The third-order valence-electron chi connectivity index (χ3n) is 4.45. The Labute approximate surface area is 155 Å². The lowest BCUT2D eigenvalue weighted by molar-refractivity contribution is 0.866. The van der Waals surface area contributed by atoms with Gasteiger partial charge in [0.15, 0.2) is 0 Å². The van der Waals surface area contributed by atoms with E-state index in [0.29, 0.717) is 0 Å². The van der Waals surface area contributed by atoms with Crippen molar-refractivity contribution >= 4 is 17.2 Å². The quantitative estimate of drug-likeness (QED) is 0.653. The standard InChI is InChI=1S/C22H26N4/c1-5-26(6-2)20-13-11-19(12-14-20)25-22-15-21(23-17(4)24-22)18-9-7-16(3)8-10-18/h7-15H,5-6H2,1-4H3,(H,23,24,25). The molecule has 2 aromatic carbocycles. The Bertz CT molecular complexity index is 850. The van der Waals surface area contributed by atoms with Crippen LogP contribution in [-0.2, 0) is 0 Å². The third kappa shape index (κ3) is 4.20. The molecule has 0 radical (unpaired) electrons. The van der Waals surface area contributed by atoms with Crippen LogP contribution in [0.3, 0.4) is 0 Å². The lowest BCUT2D eigenvalue weighted by Gasteiger charge is -2.21. The maximum absolute atomic E-state index is 4.58. The van der Waals surface area contributed by atoms with E-state index < -0.39 is 0 Å². The SMILES string of the molecule is CCN(CC)c1ccc(Nc2cc(-c3ccc(C)cc3)nc(C)n2)cc1. The summed E-state index contributed by atoms with van der Waals surface area (Å²) in [6.45, 7) is 10.4. The number of aromatic nitrogens is 2. The summed E-state index contributed by atoms with van der Waals surface area (Å²) in [5.74, 6) is 1.56. The van der Waals surface area contributed by atoms with Crippen LogP contribution < -0.4 is 10.2 Å². The molecular formula is C22H26N4. The fraction of sp³-hybridized carbons (Fsp3) is 0.273. The van der Waals surface area contributed by atoms with E-state index >= 15 is 0 Å². The summed E-state index contributed by atoms with van der Waals surface area (Å²) in [7, 11) is 0. The lowest BCUT2D eigenvalue weighted by atomic mass is 10.1. The van der Waals surface area contributed by atoms with E-state index in [1.807, 2.05) is 13.0 Å². The largest absolute Gasteiger partial charge is 0.372 e. The topological polar surface area (TPSA) is 41.0 Å². The maximum atomic E-state index is 4.58. The average Bonchev–Trinajstić information content (AvgIpc) is 2.64. The Kier molecular flexibility index (Phi) is 5.52. The fourth-order valence-corrected chi connectivity index (χ4v) is 3.00. The van der Waals surface area contributed by atoms with Gasteiger partial charge in [0.25, 0.3) is 0 Å². The second kappa shape index (κ2) is 8.00. The van der Waals surface area contributed by atoms with Crippen LogP contribution in [0.5, 0.6) is 0 Å². The van der Waals surface area contributed by atoms with Crippen molar-refractivity contribution in [1.29, 1.82) is 0 Å².